The van der Waals surface area contributed by atoms with Gasteiger partial charge in [0.15, 0.2) is 0 Å². The fraction of sp³-hybridized carbons (Fsp3) is 0.667. The van der Waals surface area contributed by atoms with E-state index in [9.17, 15) is 19.8 Å². The van der Waals surface area contributed by atoms with Crippen LogP contribution in [0.15, 0.2) is 0 Å². The van der Waals surface area contributed by atoms with E-state index in [4.69, 9.17) is 0 Å². The molecule has 4 nitrogen and oxygen atoms in total. The van der Waals surface area contributed by atoms with E-state index in [0.717, 1.165) is 0 Å². The van der Waals surface area contributed by atoms with Crippen LogP contribution in [0, 0.1) is 0 Å². The molecule has 0 aliphatic carbocycles. The Morgan fingerprint density at radius 1 is 1.00 bits per heavy atom. The van der Waals surface area contributed by atoms with Gasteiger partial charge in [0.2, 0.25) is 0 Å². The van der Waals surface area contributed by atoms with Crippen molar-refractivity contribution in [3.8, 4) is 0 Å². The molecule has 0 N–H and O–H groups in total. The number of carboxylic acid groups (broad SMARTS) is 2. The van der Waals surface area contributed by atoms with Crippen LogP contribution in [0.2, 0.25) is 0 Å². The number of carboxylic acids is 2. The van der Waals surface area contributed by atoms with Crippen molar-refractivity contribution in [3.05, 3.63) is 0 Å². The van der Waals surface area contributed by atoms with Crippen molar-refractivity contribution in [2.45, 2.75) is 26.7 Å². The van der Waals surface area contributed by atoms with Crippen LogP contribution in [0.4, 0.5) is 0 Å². The maximum atomic E-state index is 9.26. The number of carbonyl (C=O) groups excluding carboxylic acids is 2. The summed E-state index contributed by atoms with van der Waals surface area (Å²) in [7, 11) is 0. The largest absolute Gasteiger partial charge is 0.550 e. The fourth-order valence-electron chi connectivity index (χ4n) is 0. The normalized spacial score (nSPS) is 6.73. The number of aliphatic carboxylic acids is 2. The average Bonchev–Trinajstić information content (AvgIpc) is 1.89. The molecule has 0 aromatic rings. The first-order valence-electron chi connectivity index (χ1n) is 2.94. The van der Waals surface area contributed by atoms with E-state index in [0.29, 0.717) is 0 Å². The van der Waals surface area contributed by atoms with Crippen LogP contribution >= 0.6 is 0 Å². The van der Waals surface area contributed by atoms with Crippen molar-refractivity contribution in [2.24, 2.45) is 0 Å². The van der Waals surface area contributed by atoms with E-state index in [1.807, 2.05) is 0 Å². The molecule has 0 bridgehead atoms. The monoisotopic (exact) mass is 220 g/mol. The third kappa shape index (κ3) is 43.8. The third-order valence-corrected chi connectivity index (χ3v) is 0.577. The maximum Gasteiger partial charge on any atom is 0.0411 e. The molecule has 5 heteroatoms. The molecule has 0 aromatic carbocycles. The average molecular weight is 219 g/mol. The molecular weight excluding hydrogens is 209 g/mol. The summed E-state index contributed by atoms with van der Waals surface area (Å²) >= 11 is 0. The molecule has 0 atom stereocenters. The minimum absolute atomic E-state index is 0. The van der Waals surface area contributed by atoms with Crippen LogP contribution < -0.4 is 10.2 Å². The van der Waals surface area contributed by atoms with Gasteiger partial charge in [-0.2, -0.15) is 0 Å². The molecule has 0 amide bonds. The van der Waals surface area contributed by atoms with Crippen molar-refractivity contribution in [3.63, 3.8) is 0 Å². The van der Waals surface area contributed by atoms with Crippen molar-refractivity contribution in [1.82, 2.24) is 0 Å². The molecule has 0 heterocycles. The van der Waals surface area contributed by atoms with E-state index in [1.54, 1.807) is 0 Å². The summed E-state index contributed by atoms with van der Waals surface area (Å²) in [6.45, 7) is 3.07. The maximum absolute atomic E-state index is 9.26. The van der Waals surface area contributed by atoms with Gasteiger partial charge in [0, 0.05) is 29.5 Å². The van der Waals surface area contributed by atoms with E-state index in [2.05, 4.69) is 0 Å². The topological polar surface area (TPSA) is 80.3 Å². The molecule has 0 aromatic heterocycles. The molecule has 0 rings (SSSR count). The zero-order valence-corrected chi connectivity index (χ0v) is 8.65. The van der Waals surface area contributed by atoms with Crippen LogP contribution in [-0.2, 0) is 9.59 Å². The van der Waals surface area contributed by atoms with E-state index < -0.39 is 11.9 Å². The van der Waals surface area contributed by atoms with Crippen molar-refractivity contribution < 1.29 is 19.8 Å². The van der Waals surface area contributed by atoms with Gasteiger partial charge in [-0.3, -0.25) is 0 Å². The summed E-state index contributed by atoms with van der Waals surface area (Å²) in [6, 6.07) is 0. The summed E-state index contributed by atoms with van der Waals surface area (Å²) in [5.41, 5.74) is 0. The first kappa shape index (κ1) is 16.8. The Kier molecular flexibility index (Phi) is 18.7. The summed E-state index contributed by atoms with van der Waals surface area (Å²) in [6.07, 6.45) is 0.222. The summed E-state index contributed by atoms with van der Waals surface area (Å²) < 4.78 is 0. The van der Waals surface area contributed by atoms with Crippen molar-refractivity contribution >= 4 is 29.5 Å². The summed E-state index contributed by atoms with van der Waals surface area (Å²) in [5, 5.41) is 18.5. The Morgan fingerprint density at radius 3 is 1.09 bits per heavy atom. The van der Waals surface area contributed by atoms with Crippen LogP contribution in [-0.4, -0.2) is 29.5 Å². The molecule has 0 fully saturated rings. The van der Waals surface area contributed by atoms with Gasteiger partial charge in [0.25, 0.3) is 0 Å². The zero-order valence-electron chi connectivity index (χ0n) is 6.55. The molecule has 0 spiro atoms. The second kappa shape index (κ2) is 12.2. The molecule has 0 saturated heterocycles. The van der Waals surface area contributed by atoms with Crippen molar-refractivity contribution in [1.29, 1.82) is 0 Å². The SMILES string of the molecule is CCC(=O)[O-].CCC(=O)[O-].[Ge]. The molecule has 0 saturated carbocycles. The number of rotatable bonds is 2. The predicted molar refractivity (Wildman–Crippen MR) is 36.4 cm³/mol. The standard InChI is InChI=1S/2C3H6O2.Ge/c2*1-2-3(4)5;/h2*2H2,1H3,(H,4,5);/p-2. The van der Waals surface area contributed by atoms with Crippen LogP contribution in [0.5, 0.6) is 0 Å². The molecular formula is C6H10GeO4-2. The Morgan fingerprint density at radius 2 is 1.09 bits per heavy atom. The minimum atomic E-state index is -0.995. The van der Waals surface area contributed by atoms with E-state index in [1.165, 1.54) is 13.8 Å². The van der Waals surface area contributed by atoms with Gasteiger partial charge >= 0.3 is 0 Å². The second-order valence-corrected chi connectivity index (χ2v) is 1.45. The predicted octanol–water partition coefficient (Wildman–Crippen LogP) is -2.09. The number of hydrogen-bond acceptors (Lipinski definition) is 4. The fourth-order valence-corrected chi connectivity index (χ4v) is 0. The van der Waals surface area contributed by atoms with E-state index in [-0.39, 0.29) is 30.4 Å². The van der Waals surface area contributed by atoms with Gasteiger partial charge in [-0.05, 0) is 12.8 Å². The first-order valence-corrected chi connectivity index (χ1v) is 2.94. The van der Waals surface area contributed by atoms with Crippen LogP contribution in [0.25, 0.3) is 0 Å². The summed E-state index contributed by atoms with van der Waals surface area (Å²) in [5.74, 6) is -1.99. The summed E-state index contributed by atoms with van der Waals surface area (Å²) in [4.78, 5) is 18.5. The molecule has 0 unspecified atom stereocenters. The minimum Gasteiger partial charge on any atom is -0.550 e. The van der Waals surface area contributed by atoms with Crippen molar-refractivity contribution in [2.75, 3.05) is 0 Å². The van der Waals surface area contributed by atoms with Gasteiger partial charge < -0.3 is 19.8 Å². The van der Waals surface area contributed by atoms with Gasteiger partial charge in [-0.1, -0.05) is 13.8 Å². The number of carbonyl (C=O) groups is 2. The van der Waals surface area contributed by atoms with Crippen LogP contribution in [0.1, 0.15) is 26.7 Å². The molecule has 11 heavy (non-hydrogen) atoms. The quantitative estimate of drug-likeness (QED) is 0.498. The van der Waals surface area contributed by atoms with Gasteiger partial charge in [-0.25, -0.2) is 0 Å². The Labute approximate surface area is 76.6 Å². The van der Waals surface area contributed by atoms with E-state index >= 15 is 0 Å². The number of hydrogen-bond donors (Lipinski definition) is 0. The first-order chi connectivity index (χ1) is 4.54. The Bertz CT molecular complexity index is 99.1. The smallest absolute Gasteiger partial charge is 0.0411 e. The Hall–Kier alpha value is -0.517. The third-order valence-electron chi connectivity index (χ3n) is 0.577. The molecule has 0 aliphatic rings. The zero-order chi connectivity index (χ0) is 8.57. The molecule has 0 aliphatic heterocycles. The molecule has 4 radical (unpaired) electrons. The van der Waals surface area contributed by atoms with Gasteiger partial charge in [0.05, 0.1) is 0 Å². The van der Waals surface area contributed by atoms with Crippen LogP contribution in [0.3, 0.4) is 0 Å². The molecule has 64 valence electrons. The van der Waals surface area contributed by atoms with Gasteiger partial charge in [-0.15, -0.1) is 0 Å². The second-order valence-electron chi connectivity index (χ2n) is 1.45. The Balaban J connectivity index is -0.000000107. The van der Waals surface area contributed by atoms with Gasteiger partial charge in [0.1, 0.15) is 0 Å².